The molecule has 3 rings (SSSR count). The zero-order valence-corrected chi connectivity index (χ0v) is 15.6. The molecule has 1 aromatic heterocycles. The van der Waals surface area contributed by atoms with Gasteiger partial charge in [-0.3, -0.25) is 4.79 Å². The Kier molecular flexibility index (Phi) is 6.29. The van der Waals surface area contributed by atoms with Crippen molar-refractivity contribution in [3.8, 4) is 0 Å². The molecule has 0 spiro atoms. The van der Waals surface area contributed by atoms with E-state index >= 15 is 0 Å². The summed E-state index contributed by atoms with van der Waals surface area (Å²) in [5.41, 5.74) is 1.74. The first-order valence-corrected chi connectivity index (χ1v) is 9.25. The molecule has 6 nitrogen and oxygen atoms in total. The molecule has 2 aromatic rings. The number of rotatable bonds is 7. The maximum Gasteiger partial charge on any atom is 0.253 e. The van der Waals surface area contributed by atoms with Gasteiger partial charge in [0.2, 0.25) is 0 Å². The number of fused-ring (bicyclic) bond motifs is 1. The van der Waals surface area contributed by atoms with Crippen LogP contribution >= 0.6 is 0 Å². The minimum atomic E-state index is 0.0517. The third kappa shape index (κ3) is 4.44. The van der Waals surface area contributed by atoms with Crippen LogP contribution in [0.15, 0.2) is 30.5 Å². The summed E-state index contributed by atoms with van der Waals surface area (Å²) >= 11 is 0. The van der Waals surface area contributed by atoms with Crippen molar-refractivity contribution in [2.24, 2.45) is 11.8 Å². The number of piperidine rings is 1. The van der Waals surface area contributed by atoms with E-state index in [2.05, 4.69) is 16.9 Å². The van der Waals surface area contributed by atoms with Crippen molar-refractivity contribution in [2.45, 2.75) is 6.42 Å². The van der Waals surface area contributed by atoms with Crippen LogP contribution < -0.4 is 0 Å². The van der Waals surface area contributed by atoms with Crippen molar-refractivity contribution in [3.63, 3.8) is 0 Å². The fraction of sp³-hybridized carbons (Fsp3) is 0.550. The summed E-state index contributed by atoms with van der Waals surface area (Å²) in [4.78, 5) is 20.3. The third-order valence-corrected chi connectivity index (χ3v) is 5.22. The molecule has 0 aliphatic carbocycles. The quantitative estimate of drug-likeness (QED) is 0.791. The highest BCUT2D eigenvalue weighted by atomic mass is 16.5. The monoisotopic (exact) mass is 359 g/mol. The number of nitrogens with one attached hydrogen (secondary N) is 1. The van der Waals surface area contributed by atoms with Crippen LogP contribution in [0.5, 0.6) is 0 Å². The average Bonchev–Trinajstić information content (AvgIpc) is 3.13. The minimum absolute atomic E-state index is 0.0517. The fourth-order valence-electron chi connectivity index (χ4n) is 3.90. The van der Waals surface area contributed by atoms with E-state index in [9.17, 15) is 9.90 Å². The van der Waals surface area contributed by atoms with Crippen molar-refractivity contribution in [1.29, 1.82) is 0 Å². The maximum atomic E-state index is 13.0. The van der Waals surface area contributed by atoms with Gasteiger partial charge in [-0.2, -0.15) is 0 Å². The zero-order valence-electron chi connectivity index (χ0n) is 15.6. The number of ether oxygens (including phenoxy) is 1. The van der Waals surface area contributed by atoms with Gasteiger partial charge in [-0.15, -0.1) is 0 Å². The van der Waals surface area contributed by atoms with Gasteiger partial charge in [0.1, 0.15) is 0 Å². The molecule has 0 saturated carbocycles. The van der Waals surface area contributed by atoms with Crippen molar-refractivity contribution >= 4 is 16.8 Å². The van der Waals surface area contributed by atoms with Gasteiger partial charge in [0.05, 0.1) is 6.61 Å². The average molecular weight is 359 g/mol. The summed E-state index contributed by atoms with van der Waals surface area (Å²) in [5.74, 6) is 0.558. The Morgan fingerprint density at radius 1 is 1.35 bits per heavy atom. The van der Waals surface area contributed by atoms with Crippen LogP contribution in [0.25, 0.3) is 10.9 Å². The van der Waals surface area contributed by atoms with Gasteiger partial charge in [-0.25, -0.2) is 0 Å². The molecule has 0 bridgehead atoms. The molecule has 142 valence electrons. The minimum Gasteiger partial charge on any atom is -0.396 e. The van der Waals surface area contributed by atoms with E-state index in [1.54, 1.807) is 7.11 Å². The Hall–Kier alpha value is -1.89. The van der Waals surface area contributed by atoms with Gasteiger partial charge in [-0.1, -0.05) is 0 Å². The lowest BCUT2D eigenvalue weighted by molar-refractivity contribution is 0.0451. The molecule has 0 unspecified atom stereocenters. The first kappa shape index (κ1) is 18.9. The highest BCUT2D eigenvalue weighted by molar-refractivity contribution is 5.98. The Bertz CT molecular complexity index is 730. The number of nitrogens with zero attached hydrogens (tertiary/aromatic N) is 2. The van der Waals surface area contributed by atoms with Gasteiger partial charge in [-0.05, 0) is 49.6 Å². The number of likely N-dealkylation sites (tertiary alicyclic amines) is 1. The number of H-pyrrole nitrogens is 1. The van der Waals surface area contributed by atoms with E-state index < -0.39 is 0 Å². The summed E-state index contributed by atoms with van der Waals surface area (Å²) in [7, 11) is 3.78. The van der Waals surface area contributed by atoms with E-state index in [0.29, 0.717) is 24.6 Å². The van der Waals surface area contributed by atoms with Crippen LogP contribution in [0, 0.1) is 11.8 Å². The SMILES string of the molecule is COCCN(C)C[C@@H]1C[C@@H](CO)CN(C(=O)c2ccc3[nH]ccc3c2)C1. The molecule has 0 radical (unpaired) electrons. The number of aliphatic hydroxyl groups is 1. The molecule has 2 N–H and O–H groups in total. The van der Waals surface area contributed by atoms with E-state index in [1.165, 1.54) is 0 Å². The van der Waals surface area contributed by atoms with Crippen LogP contribution in [0.4, 0.5) is 0 Å². The Morgan fingerprint density at radius 2 is 2.15 bits per heavy atom. The van der Waals surface area contributed by atoms with Crippen molar-refractivity contribution < 1.29 is 14.6 Å². The van der Waals surface area contributed by atoms with Crippen LogP contribution in [0.2, 0.25) is 0 Å². The van der Waals surface area contributed by atoms with E-state index in [0.717, 1.165) is 37.0 Å². The summed E-state index contributed by atoms with van der Waals surface area (Å²) < 4.78 is 5.14. The topological polar surface area (TPSA) is 68.8 Å². The molecule has 2 atom stereocenters. The smallest absolute Gasteiger partial charge is 0.253 e. The van der Waals surface area contributed by atoms with Crippen molar-refractivity contribution in [1.82, 2.24) is 14.8 Å². The third-order valence-electron chi connectivity index (χ3n) is 5.22. The second kappa shape index (κ2) is 8.66. The Balaban J connectivity index is 1.69. The predicted molar refractivity (Wildman–Crippen MR) is 102 cm³/mol. The van der Waals surface area contributed by atoms with Crippen LogP contribution in [0.1, 0.15) is 16.8 Å². The highest BCUT2D eigenvalue weighted by Crippen LogP contribution is 2.25. The van der Waals surface area contributed by atoms with Crippen LogP contribution in [-0.4, -0.2) is 79.3 Å². The standard InChI is InChI=1S/C20H29N3O3/c1-22(7-8-26-2)11-15-9-16(14-24)13-23(12-15)20(25)18-3-4-19-17(10-18)5-6-21-19/h3-6,10,15-16,21,24H,7-9,11-14H2,1-2H3/t15-,16+/m0/s1. The molecular weight excluding hydrogens is 330 g/mol. The predicted octanol–water partition coefficient (Wildman–Crippen LogP) is 1.82. The molecule has 1 aliphatic heterocycles. The Morgan fingerprint density at radius 3 is 2.92 bits per heavy atom. The van der Waals surface area contributed by atoms with Crippen LogP contribution in [0.3, 0.4) is 0 Å². The van der Waals surface area contributed by atoms with Gasteiger partial charge >= 0.3 is 0 Å². The number of aromatic amines is 1. The molecule has 6 heteroatoms. The fourth-order valence-corrected chi connectivity index (χ4v) is 3.90. The molecular formula is C20H29N3O3. The molecule has 1 saturated heterocycles. The van der Waals surface area contributed by atoms with Crippen molar-refractivity contribution in [2.75, 3.05) is 53.6 Å². The number of aliphatic hydroxyl groups excluding tert-OH is 1. The first-order chi connectivity index (χ1) is 12.6. The van der Waals surface area contributed by atoms with Gasteiger partial charge in [0.25, 0.3) is 5.91 Å². The Labute approximate surface area is 154 Å². The maximum absolute atomic E-state index is 13.0. The second-order valence-electron chi connectivity index (χ2n) is 7.40. The molecule has 26 heavy (non-hydrogen) atoms. The summed E-state index contributed by atoms with van der Waals surface area (Å²) in [6.07, 6.45) is 2.84. The molecule has 1 aliphatic rings. The van der Waals surface area contributed by atoms with Gasteiger partial charge in [0, 0.05) is 62.6 Å². The molecule has 2 heterocycles. The summed E-state index contributed by atoms with van der Waals surface area (Å²) in [6.45, 7) is 3.96. The highest BCUT2D eigenvalue weighted by Gasteiger charge is 2.30. The number of likely N-dealkylation sites (N-methyl/N-ethyl adjacent to an activating group) is 1. The number of methoxy groups -OCH3 is 1. The van der Waals surface area contributed by atoms with E-state index in [1.807, 2.05) is 35.4 Å². The number of aromatic nitrogens is 1. The number of benzene rings is 1. The first-order valence-electron chi connectivity index (χ1n) is 9.25. The molecule has 1 amide bonds. The number of amides is 1. The molecule has 1 fully saturated rings. The molecule has 1 aromatic carbocycles. The number of hydrogen-bond donors (Lipinski definition) is 2. The number of carbonyl (C=O) groups is 1. The van der Waals surface area contributed by atoms with Crippen LogP contribution in [-0.2, 0) is 4.74 Å². The normalized spacial score (nSPS) is 20.8. The van der Waals surface area contributed by atoms with E-state index in [-0.39, 0.29) is 18.4 Å². The zero-order chi connectivity index (χ0) is 18.5. The van der Waals surface area contributed by atoms with Gasteiger partial charge < -0.3 is 24.6 Å². The number of hydrogen-bond acceptors (Lipinski definition) is 4. The lowest BCUT2D eigenvalue weighted by atomic mass is 9.88. The summed E-state index contributed by atoms with van der Waals surface area (Å²) in [5, 5.41) is 10.7. The van der Waals surface area contributed by atoms with Crippen molar-refractivity contribution in [3.05, 3.63) is 36.0 Å². The largest absolute Gasteiger partial charge is 0.396 e. The summed E-state index contributed by atoms with van der Waals surface area (Å²) in [6, 6.07) is 7.75. The van der Waals surface area contributed by atoms with E-state index in [4.69, 9.17) is 4.74 Å². The second-order valence-corrected chi connectivity index (χ2v) is 7.40. The lowest BCUT2D eigenvalue weighted by Crippen LogP contribution is -2.47. The van der Waals surface area contributed by atoms with Gasteiger partial charge in [0.15, 0.2) is 0 Å². The lowest BCUT2D eigenvalue weighted by Gasteiger charge is -2.38. The number of carbonyl (C=O) groups excluding carboxylic acids is 1.